The van der Waals surface area contributed by atoms with E-state index in [2.05, 4.69) is 0 Å². The first-order chi connectivity index (χ1) is 20.9. The molecule has 4 rings (SSSR count). The summed E-state index contributed by atoms with van der Waals surface area (Å²) in [5, 5.41) is 0. The van der Waals surface area contributed by atoms with Gasteiger partial charge in [-0.05, 0) is 26.3 Å². The highest BCUT2D eigenvalue weighted by molar-refractivity contribution is 5.89. The molecule has 2 saturated heterocycles. The minimum Gasteiger partial charge on any atom is -0.462 e. The molecule has 0 N–H and O–H groups in total. The van der Waals surface area contributed by atoms with E-state index in [0.717, 1.165) is 0 Å². The van der Waals surface area contributed by atoms with Crippen LogP contribution in [0.5, 0.6) is 0 Å². The van der Waals surface area contributed by atoms with Crippen molar-refractivity contribution in [3.05, 3.63) is 11.6 Å². The number of esters is 6. The van der Waals surface area contributed by atoms with Crippen LogP contribution in [0.15, 0.2) is 11.6 Å². The monoisotopic (exact) mass is 636 g/mol. The molecule has 2 aliphatic heterocycles. The van der Waals surface area contributed by atoms with Gasteiger partial charge in [-0.25, -0.2) is 4.79 Å². The number of ether oxygens (including phenoxy) is 7. The Balaban J connectivity index is 2.07. The van der Waals surface area contributed by atoms with Gasteiger partial charge >= 0.3 is 35.8 Å². The molecule has 2 heterocycles. The Kier molecular flexibility index (Phi) is 9.46. The van der Waals surface area contributed by atoms with Gasteiger partial charge in [0, 0.05) is 58.8 Å². The lowest BCUT2D eigenvalue weighted by atomic mass is 9.52. The molecule has 1 spiro atoms. The number of carbonyl (C=O) groups is 6. The van der Waals surface area contributed by atoms with Crippen molar-refractivity contribution in [2.75, 3.05) is 0 Å². The van der Waals surface area contributed by atoms with Crippen LogP contribution in [0.25, 0.3) is 0 Å². The molecule has 0 bridgehead atoms. The number of hydrogen-bond acceptors (Lipinski definition) is 13. The summed E-state index contributed by atoms with van der Waals surface area (Å²) in [5.74, 6) is -5.50. The van der Waals surface area contributed by atoms with Crippen LogP contribution in [0.3, 0.4) is 0 Å². The van der Waals surface area contributed by atoms with E-state index in [1.54, 1.807) is 33.8 Å². The molecule has 0 amide bonds. The van der Waals surface area contributed by atoms with Crippen LogP contribution >= 0.6 is 0 Å². The smallest absolute Gasteiger partial charge is 0.342 e. The first-order valence-electron chi connectivity index (χ1n) is 15.4. The van der Waals surface area contributed by atoms with Gasteiger partial charge in [0.05, 0.1) is 5.41 Å². The molecule has 11 atom stereocenters. The van der Waals surface area contributed by atoms with Crippen LogP contribution in [0.2, 0.25) is 0 Å². The van der Waals surface area contributed by atoms with Gasteiger partial charge in [0.2, 0.25) is 0 Å². The lowest BCUT2D eigenvalue weighted by Gasteiger charge is -2.57. The number of fused-ring (bicyclic) bond motifs is 1. The molecule has 0 aromatic rings. The van der Waals surface area contributed by atoms with Crippen molar-refractivity contribution in [1.82, 2.24) is 0 Å². The van der Waals surface area contributed by atoms with Crippen molar-refractivity contribution in [2.24, 2.45) is 17.3 Å². The van der Waals surface area contributed by atoms with Crippen molar-refractivity contribution in [2.45, 2.75) is 136 Å². The third kappa shape index (κ3) is 5.95. The molecule has 0 radical (unpaired) electrons. The molecule has 13 heteroatoms. The number of rotatable bonds is 7. The first kappa shape index (κ1) is 34.4. The predicted octanol–water partition coefficient (Wildman–Crippen LogP) is 2.89. The van der Waals surface area contributed by atoms with Crippen molar-refractivity contribution in [1.29, 1.82) is 0 Å². The zero-order valence-corrected chi connectivity index (χ0v) is 27.3. The van der Waals surface area contributed by atoms with Gasteiger partial charge in [-0.2, -0.15) is 0 Å². The second kappa shape index (κ2) is 12.4. The number of epoxide rings is 1. The van der Waals surface area contributed by atoms with Crippen molar-refractivity contribution in [3.8, 4) is 0 Å². The predicted molar refractivity (Wildman–Crippen MR) is 153 cm³/mol. The quantitative estimate of drug-likeness (QED) is 0.173. The standard InChI is InChI=1S/C32H44O13/c1-10-11-25(37)43-22-12-15(2)13-24-32(31(9,45-32)29(38)44-24)28(42-20(7)36)26-16(3)21(39-17(4)33)14-23(40-18(5)34)30(26,8)27(22)41-19(6)35/h13,16,21-24,26-28H,10-12,14H2,1-9H3/b15-13-/t16-,21-,22-,23-,24-,26+,27-,28?,30+,31-,32+/m0/s1. The highest BCUT2D eigenvalue weighted by atomic mass is 16.7. The highest BCUT2D eigenvalue weighted by Gasteiger charge is 2.87. The lowest BCUT2D eigenvalue weighted by molar-refractivity contribution is -0.247. The van der Waals surface area contributed by atoms with E-state index in [4.69, 9.17) is 33.2 Å². The van der Waals surface area contributed by atoms with Gasteiger partial charge in [0.1, 0.15) is 30.5 Å². The van der Waals surface area contributed by atoms with Crippen LogP contribution in [-0.4, -0.2) is 83.6 Å². The van der Waals surface area contributed by atoms with Crippen molar-refractivity contribution >= 4 is 35.8 Å². The van der Waals surface area contributed by atoms with Crippen LogP contribution in [0.4, 0.5) is 0 Å². The van der Waals surface area contributed by atoms with Gasteiger partial charge in [-0.3, -0.25) is 24.0 Å². The van der Waals surface area contributed by atoms with Gasteiger partial charge in [0.25, 0.3) is 0 Å². The largest absolute Gasteiger partial charge is 0.462 e. The summed E-state index contributed by atoms with van der Waals surface area (Å²) in [6.07, 6.45) is -4.31. The van der Waals surface area contributed by atoms with E-state index in [1.165, 1.54) is 27.7 Å². The van der Waals surface area contributed by atoms with Gasteiger partial charge in [-0.1, -0.05) is 26.3 Å². The number of hydrogen-bond donors (Lipinski definition) is 0. The first-order valence-corrected chi connectivity index (χ1v) is 15.4. The van der Waals surface area contributed by atoms with Gasteiger partial charge in [-0.15, -0.1) is 0 Å². The highest BCUT2D eigenvalue weighted by Crippen LogP contribution is 2.66. The third-order valence-electron chi connectivity index (χ3n) is 9.74. The maximum atomic E-state index is 13.3. The normalized spacial score (nSPS) is 41.4. The zero-order chi connectivity index (χ0) is 33.6. The van der Waals surface area contributed by atoms with E-state index in [9.17, 15) is 28.8 Å². The van der Waals surface area contributed by atoms with Crippen molar-refractivity contribution in [3.63, 3.8) is 0 Å². The van der Waals surface area contributed by atoms with E-state index in [1.807, 2.05) is 6.92 Å². The molecule has 2 aliphatic carbocycles. The Labute approximate surface area is 262 Å². The fourth-order valence-electron chi connectivity index (χ4n) is 7.89. The topological polar surface area (TPSA) is 170 Å². The SMILES string of the molecule is CCCC(=O)O[C@H]1C/C(C)=C\[C@@H]2OC(=O)[C@]3(C)O[C@@]23C(OC(C)=O)[C@H]2[C@@H](C)[C@@H](OC(C)=O)C[C@H](OC(C)=O)[C@@]2(C)[C@H]1OC(C)=O. The maximum absolute atomic E-state index is 13.3. The minimum absolute atomic E-state index is 0.00762. The van der Waals surface area contributed by atoms with Crippen LogP contribution in [-0.2, 0) is 61.9 Å². The minimum atomic E-state index is -1.53. The molecule has 3 fully saturated rings. The fourth-order valence-corrected chi connectivity index (χ4v) is 7.89. The lowest BCUT2D eigenvalue weighted by Crippen LogP contribution is -2.68. The molecule has 4 aliphatic rings. The second-order valence-electron chi connectivity index (χ2n) is 13.0. The molecule has 45 heavy (non-hydrogen) atoms. The fraction of sp³-hybridized carbons (Fsp3) is 0.750. The summed E-state index contributed by atoms with van der Waals surface area (Å²) in [6, 6.07) is 0. The Morgan fingerprint density at radius 2 is 1.44 bits per heavy atom. The average molecular weight is 637 g/mol. The van der Waals surface area contributed by atoms with Crippen LogP contribution in [0, 0.1) is 17.3 Å². The van der Waals surface area contributed by atoms with E-state index in [0.29, 0.717) is 12.0 Å². The van der Waals surface area contributed by atoms with E-state index >= 15 is 0 Å². The van der Waals surface area contributed by atoms with Gasteiger partial charge < -0.3 is 33.2 Å². The van der Waals surface area contributed by atoms with Crippen LogP contribution in [0.1, 0.15) is 88.0 Å². The Hall–Kier alpha value is -3.48. The summed E-state index contributed by atoms with van der Waals surface area (Å²) >= 11 is 0. The molecule has 1 saturated carbocycles. The Bertz CT molecular complexity index is 1290. The summed E-state index contributed by atoms with van der Waals surface area (Å²) in [7, 11) is 0. The summed E-state index contributed by atoms with van der Waals surface area (Å²) in [4.78, 5) is 76.9. The molecular formula is C32H44O13. The van der Waals surface area contributed by atoms with E-state index in [-0.39, 0.29) is 19.3 Å². The summed E-state index contributed by atoms with van der Waals surface area (Å²) in [6.45, 7) is 13.5. The summed E-state index contributed by atoms with van der Waals surface area (Å²) < 4.78 is 41.9. The van der Waals surface area contributed by atoms with E-state index < -0.39 is 101 Å². The van der Waals surface area contributed by atoms with Crippen LogP contribution < -0.4 is 0 Å². The Morgan fingerprint density at radius 3 is 1.98 bits per heavy atom. The summed E-state index contributed by atoms with van der Waals surface area (Å²) in [5.41, 5.74) is -3.89. The molecule has 0 aromatic carbocycles. The maximum Gasteiger partial charge on any atom is 0.342 e. The molecule has 0 aromatic heterocycles. The second-order valence-corrected chi connectivity index (χ2v) is 13.0. The number of carbonyl (C=O) groups excluding carboxylic acids is 6. The molecule has 250 valence electrons. The van der Waals surface area contributed by atoms with Crippen molar-refractivity contribution < 1.29 is 61.9 Å². The molecule has 1 unspecified atom stereocenters. The third-order valence-corrected chi connectivity index (χ3v) is 9.74. The molecular weight excluding hydrogens is 592 g/mol. The molecule has 13 nitrogen and oxygen atoms in total. The van der Waals surface area contributed by atoms with Gasteiger partial charge in [0.15, 0.2) is 17.3 Å². The zero-order valence-electron chi connectivity index (χ0n) is 27.3. The Morgan fingerprint density at radius 1 is 0.867 bits per heavy atom. The average Bonchev–Trinajstić information content (AvgIpc) is 3.49.